The van der Waals surface area contributed by atoms with Crippen LogP contribution in [0.15, 0.2) is 0 Å². The molecule has 0 aliphatic carbocycles. The summed E-state index contributed by atoms with van der Waals surface area (Å²) in [6.45, 7) is 11.9. The molecule has 1 fully saturated rings. The first-order valence-corrected chi connectivity index (χ1v) is 8.86. The van der Waals surface area contributed by atoms with Gasteiger partial charge in [0.25, 0.3) is 0 Å². The minimum Gasteiger partial charge on any atom is -0.379 e. The van der Waals surface area contributed by atoms with Crippen molar-refractivity contribution in [1.29, 1.82) is 0 Å². The number of thiazole rings is 1. The van der Waals surface area contributed by atoms with E-state index >= 15 is 0 Å². The van der Waals surface area contributed by atoms with E-state index in [0.29, 0.717) is 18.1 Å². The standard InChI is InChI=1S/C16H29N3OS/c1-6-8-17-12(3)15-13(4)18-16(21-15)19-9-7-11(2)14(10-19)20-5/h11-12,14,17H,6-10H2,1-5H3. The minimum absolute atomic E-state index is 0.321. The highest BCUT2D eigenvalue weighted by Gasteiger charge is 2.28. The van der Waals surface area contributed by atoms with Crippen molar-refractivity contribution < 1.29 is 4.74 Å². The molecule has 2 rings (SSSR count). The molecule has 1 N–H and O–H groups in total. The quantitative estimate of drug-likeness (QED) is 0.874. The first kappa shape index (κ1) is 16.7. The van der Waals surface area contributed by atoms with Gasteiger partial charge < -0.3 is 15.0 Å². The Bertz CT molecular complexity index is 449. The van der Waals surface area contributed by atoms with Crippen LogP contribution in [0, 0.1) is 12.8 Å². The molecule has 4 nitrogen and oxygen atoms in total. The van der Waals surface area contributed by atoms with Crippen LogP contribution in [0.5, 0.6) is 0 Å². The van der Waals surface area contributed by atoms with Crippen LogP contribution in [-0.2, 0) is 4.74 Å². The molecule has 5 heteroatoms. The average molecular weight is 311 g/mol. The van der Waals surface area contributed by atoms with Gasteiger partial charge in [0.1, 0.15) is 0 Å². The normalized spacial score (nSPS) is 24.3. The number of aromatic nitrogens is 1. The average Bonchev–Trinajstić information content (AvgIpc) is 2.87. The van der Waals surface area contributed by atoms with Crippen molar-refractivity contribution in [3.05, 3.63) is 10.6 Å². The maximum Gasteiger partial charge on any atom is 0.185 e. The Morgan fingerprint density at radius 1 is 1.52 bits per heavy atom. The number of nitrogens with zero attached hydrogens (tertiary/aromatic N) is 2. The van der Waals surface area contributed by atoms with Gasteiger partial charge in [-0.15, -0.1) is 11.3 Å². The summed E-state index contributed by atoms with van der Waals surface area (Å²) in [5, 5.41) is 4.71. The topological polar surface area (TPSA) is 37.4 Å². The van der Waals surface area contributed by atoms with E-state index in [4.69, 9.17) is 9.72 Å². The molecule has 2 heterocycles. The molecule has 21 heavy (non-hydrogen) atoms. The zero-order valence-electron chi connectivity index (χ0n) is 14.0. The predicted octanol–water partition coefficient (Wildman–Crippen LogP) is 3.37. The second-order valence-corrected chi connectivity index (χ2v) is 7.12. The molecular formula is C16H29N3OS. The van der Waals surface area contributed by atoms with Crippen LogP contribution in [0.3, 0.4) is 0 Å². The molecule has 1 aliphatic rings. The molecule has 0 amide bonds. The van der Waals surface area contributed by atoms with E-state index in [-0.39, 0.29) is 0 Å². The van der Waals surface area contributed by atoms with Gasteiger partial charge in [0, 0.05) is 31.1 Å². The molecule has 0 radical (unpaired) electrons. The number of ether oxygens (including phenoxy) is 1. The fourth-order valence-electron chi connectivity index (χ4n) is 2.90. The fraction of sp³-hybridized carbons (Fsp3) is 0.812. The summed E-state index contributed by atoms with van der Waals surface area (Å²) in [5.41, 5.74) is 1.17. The van der Waals surface area contributed by atoms with Gasteiger partial charge in [0.2, 0.25) is 0 Å². The SMILES string of the molecule is CCCNC(C)c1sc(N2CCC(C)C(OC)C2)nc1C. The van der Waals surface area contributed by atoms with E-state index in [1.54, 1.807) is 0 Å². The van der Waals surface area contributed by atoms with Crippen LogP contribution in [0.1, 0.15) is 50.2 Å². The number of rotatable bonds is 6. The van der Waals surface area contributed by atoms with Crippen LogP contribution in [0.25, 0.3) is 0 Å². The number of anilines is 1. The van der Waals surface area contributed by atoms with E-state index in [1.165, 1.54) is 17.0 Å². The lowest BCUT2D eigenvalue weighted by Gasteiger charge is -2.36. The molecule has 0 bridgehead atoms. The molecule has 1 saturated heterocycles. The third-order valence-electron chi connectivity index (χ3n) is 4.38. The summed E-state index contributed by atoms with van der Waals surface area (Å²) >= 11 is 1.84. The number of hydrogen-bond acceptors (Lipinski definition) is 5. The van der Waals surface area contributed by atoms with Gasteiger partial charge in [-0.25, -0.2) is 4.98 Å². The molecule has 120 valence electrons. The Morgan fingerprint density at radius 2 is 2.29 bits per heavy atom. The Hall–Kier alpha value is -0.650. The van der Waals surface area contributed by atoms with E-state index < -0.39 is 0 Å². The minimum atomic E-state index is 0.321. The smallest absolute Gasteiger partial charge is 0.185 e. The summed E-state index contributed by atoms with van der Waals surface area (Å²) in [7, 11) is 1.82. The van der Waals surface area contributed by atoms with Crippen molar-refractivity contribution >= 4 is 16.5 Å². The van der Waals surface area contributed by atoms with E-state index in [9.17, 15) is 0 Å². The molecule has 0 saturated carbocycles. The number of piperidine rings is 1. The van der Waals surface area contributed by atoms with Crippen molar-refractivity contribution in [2.45, 2.75) is 52.7 Å². The predicted molar refractivity (Wildman–Crippen MR) is 90.4 cm³/mol. The lowest BCUT2D eigenvalue weighted by molar-refractivity contribution is 0.0498. The summed E-state index contributed by atoms with van der Waals surface area (Å²) in [5.74, 6) is 0.636. The van der Waals surface area contributed by atoms with Gasteiger partial charge in [0.05, 0.1) is 11.8 Å². The van der Waals surface area contributed by atoms with Crippen molar-refractivity contribution in [1.82, 2.24) is 10.3 Å². The molecule has 1 aromatic heterocycles. The van der Waals surface area contributed by atoms with Crippen molar-refractivity contribution in [2.24, 2.45) is 5.92 Å². The second-order valence-electron chi connectivity index (χ2n) is 6.11. The zero-order chi connectivity index (χ0) is 15.4. The molecule has 3 unspecified atom stereocenters. The van der Waals surface area contributed by atoms with Crippen LogP contribution in [0.4, 0.5) is 5.13 Å². The van der Waals surface area contributed by atoms with Crippen molar-refractivity contribution in [2.75, 3.05) is 31.6 Å². The number of hydrogen-bond donors (Lipinski definition) is 1. The first-order valence-electron chi connectivity index (χ1n) is 8.05. The highest BCUT2D eigenvalue weighted by atomic mass is 32.1. The Balaban J connectivity index is 2.07. The molecule has 3 atom stereocenters. The van der Waals surface area contributed by atoms with Gasteiger partial charge in [-0.05, 0) is 39.2 Å². The summed E-state index contributed by atoms with van der Waals surface area (Å²) in [6.07, 6.45) is 2.66. The van der Waals surface area contributed by atoms with E-state index in [2.05, 4.69) is 37.9 Å². The van der Waals surface area contributed by atoms with E-state index in [1.807, 2.05) is 18.4 Å². The van der Waals surface area contributed by atoms with Gasteiger partial charge in [0.15, 0.2) is 5.13 Å². The monoisotopic (exact) mass is 311 g/mol. The third kappa shape index (κ3) is 3.96. The highest BCUT2D eigenvalue weighted by molar-refractivity contribution is 7.15. The molecule has 0 spiro atoms. The van der Waals surface area contributed by atoms with Gasteiger partial charge in [-0.2, -0.15) is 0 Å². The van der Waals surface area contributed by atoms with Crippen molar-refractivity contribution in [3.63, 3.8) is 0 Å². The molecule has 1 aromatic rings. The zero-order valence-corrected chi connectivity index (χ0v) is 14.8. The lowest BCUT2D eigenvalue weighted by atomic mass is 9.96. The second kappa shape index (κ2) is 7.56. The Morgan fingerprint density at radius 3 is 2.95 bits per heavy atom. The van der Waals surface area contributed by atoms with Crippen LogP contribution in [0.2, 0.25) is 0 Å². The van der Waals surface area contributed by atoms with Gasteiger partial charge in [-0.1, -0.05) is 13.8 Å². The number of aryl methyl sites for hydroxylation is 1. The van der Waals surface area contributed by atoms with Gasteiger partial charge in [-0.3, -0.25) is 0 Å². The lowest BCUT2D eigenvalue weighted by Crippen LogP contribution is -2.43. The van der Waals surface area contributed by atoms with Gasteiger partial charge >= 0.3 is 0 Å². The third-order valence-corrected chi connectivity index (χ3v) is 5.78. The number of methoxy groups -OCH3 is 1. The molecular weight excluding hydrogens is 282 g/mol. The van der Waals surface area contributed by atoms with Crippen molar-refractivity contribution in [3.8, 4) is 0 Å². The highest BCUT2D eigenvalue weighted by Crippen LogP contribution is 2.33. The molecule has 1 aliphatic heterocycles. The number of nitrogens with one attached hydrogen (secondary N) is 1. The van der Waals surface area contributed by atoms with Crippen LogP contribution in [-0.4, -0.2) is 37.8 Å². The summed E-state index contributed by atoms with van der Waals surface area (Å²) in [6, 6.07) is 0.387. The maximum atomic E-state index is 5.62. The maximum absolute atomic E-state index is 5.62. The van der Waals surface area contributed by atoms with E-state index in [0.717, 1.165) is 31.2 Å². The first-order chi connectivity index (χ1) is 10.1. The van der Waals surface area contributed by atoms with Crippen LogP contribution < -0.4 is 10.2 Å². The van der Waals surface area contributed by atoms with Crippen LogP contribution >= 0.6 is 11.3 Å². The summed E-state index contributed by atoms with van der Waals surface area (Å²) < 4.78 is 5.62. The molecule has 0 aromatic carbocycles. The summed E-state index contributed by atoms with van der Waals surface area (Å²) in [4.78, 5) is 8.56. The fourth-order valence-corrected chi connectivity index (χ4v) is 4.03. The Labute approximate surface area is 132 Å². The largest absolute Gasteiger partial charge is 0.379 e. The Kier molecular flexibility index (Phi) is 6.02.